The molecule has 0 bridgehead atoms. The van der Waals surface area contributed by atoms with Crippen LogP contribution in [0.1, 0.15) is 38.3 Å². The maximum absolute atomic E-state index is 13.5. The third-order valence-corrected chi connectivity index (χ3v) is 6.44. The number of nitrogens with one attached hydrogen (secondary N) is 1. The van der Waals surface area contributed by atoms with E-state index in [9.17, 15) is 18.0 Å². The molecule has 2 aromatic rings. The van der Waals surface area contributed by atoms with Crippen LogP contribution in [0, 0.1) is 6.92 Å². The topological polar surface area (TPSA) is 86.8 Å². The van der Waals surface area contributed by atoms with E-state index in [4.69, 9.17) is 11.6 Å². The fraction of sp³-hybridized carbons (Fsp3) is 0.417. The summed E-state index contributed by atoms with van der Waals surface area (Å²) >= 11 is 6.05. The summed E-state index contributed by atoms with van der Waals surface area (Å²) in [6.07, 6.45) is 1.42. The van der Waals surface area contributed by atoms with Crippen molar-refractivity contribution in [2.24, 2.45) is 0 Å². The number of anilines is 1. The van der Waals surface area contributed by atoms with Crippen LogP contribution in [0.25, 0.3) is 0 Å². The zero-order chi connectivity index (χ0) is 24.8. The Labute approximate surface area is 201 Å². The highest BCUT2D eigenvalue weighted by molar-refractivity contribution is 7.92. The zero-order valence-corrected chi connectivity index (χ0v) is 21.3. The van der Waals surface area contributed by atoms with Crippen LogP contribution in [-0.2, 0) is 26.2 Å². The van der Waals surface area contributed by atoms with Gasteiger partial charge >= 0.3 is 0 Å². The molecule has 9 heteroatoms. The Balaban J connectivity index is 2.43. The van der Waals surface area contributed by atoms with E-state index in [1.54, 1.807) is 18.2 Å². The average Bonchev–Trinajstić information content (AvgIpc) is 2.71. The van der Waals surface area contributed by atoms with Gasteiger partial charge in [-0.05, 0) is 51.0 Å². The summed E-state index contributed by atoms with van der Waals surface area (Å²) in [7, 11) is -3.79. The normalized spacial score (nSPS) is 12.3. The minimum absolute atomic E-state index is 0.0955. The number of carbonyl (C=O) groups is 2. The number of rotatable bonds is 10. The van der Waals surface area contributed by atoms with Crippen molar-refractivity contribution < 1.29 is 18.0 Å². The highest BCUT2D eigenvalue weighted by atomic mass is 35.5. The number of carbonyl (C=O) groups excluding carboxylic acids is 2. The molecule has 0 heterocycles. The first-order valence-corrected chi connectivity index (χ1v) is 13.0. The van der Waals surface area contributed by atoms with Gasteiger partial charge < -0.3 is 10.2 Å². The van der Waals surface area contributed by atoms with Gasteiger partial charge in [-0.1, -0.05) is 54.4 Å². The second kappa shape index (κ2) is 11.5. The van der Waals surface area contributed by atoms with E-state index in [0.717, 1.165) is 21.7 Å². The van der Waals surface area contributed by atoms with Gasteiger partial charge in [-0.3, -0.25) is 13.9 Å². The molecule has 2 rings (SSSR count). The molecule has 0 radical (unpaired) electrons. The molecule has 1 N–H and O–H groups in total. The van der Waals surface area contributed by atoms with E-state index in [0.29, 0.717) is 11.4 Å². The van der Waals surface area contributed by atoms with Gasteiger partial charge in [0.15, 0.2) is 0 Å². The van der Waals surface area contributed by atoms with Gasteiger partial charge in [-0.15, -0.1) is 0 Å². The number of hydrogen-bond donors (Lipinski definition) is 1. The summed E-state index contributed by atoms with van der Waals surface area (Å²) in [5.41, 5.74) is 2.21. The van der Waals surface area contributed by atoms with Crippen molar-refractivity contribution in [1.82, 2.24) is 10.2 Å². The molecule has 33 heavy (non-hydrogen) atoms. The Bertz CT molecular complexity index is 1070. The number of aryl methyl sites for hydroxylation is 1. The largest absolute Gasteiger partial charge is 0.352 e. The van der Waals surface area contributed by atoms with Gasteiger partial charge in [0.1, 0.15) is 12.6 Å². The van der Waals surface area contributed by atoms with Crippen LogP contribution in [0.3, 0.4) is 0 Å². The predicted octanol–water partition coefficient (Wildman–Crippen LogP) is 3.75. The first-order valence-electron chi connectivity index (χ1n) is 10.8. The first kappa shape index (κ1) is 26.7. The quantitative estimate of drug-likeness (QED) is 0.546. The molecule has 2 amide bonds. The van der Waals surface area contributed by atoms with E-state index < -0.39 is 28.5 Å². The maximum Gasteiger partial charge on any atom is 0.244 e. The number of nitrogens with zero attached hydrogens (tertiary/aromatic N) is 2. The van der Waals surface area contributed by atoms with Crippen molar-refractivity contribution in [2.45, 2.75) is 52.7 Å². The maximum atomic E-state index is 13.5. The fourth-order valence-corrected chi connectivity index (χ4v) is 4.46. The minimum Gasteiger partial charge on any atom is -0.352 e. The Hall–Kier alpha value is -2.58. The average molecular weight is 494 g/mol. The monoisotopic (exact) mass is 493 g/mol. The first-order chi connectivity index (χ1) is 15.4. The molecule has 0 fully saturated rings. The molecular formula is C24H32ClN3O4S. The molecule has 0 saturated carbocycles. The van der Waals surface area contributed by atoms with Crippen LogP contribution in [0.5, 0.6) is 0 Å². The summed E-state index contributed by atoms with van der Waals surface area (Å²) < 4.78 is 26.1. The summed E-state index contributed by atoms with van der Waals surface area (Å²) in [5, 5.41) is 3.22. The molecule has 7 nitrogen and oxygen atoms in total. The van der Waals surface area contributed by atoms with Crippen LogP contribution in [0.4, 0.5) is 5.69 Å². The third kappa shape index (κ3) is 7.75. The molecule has 0 aliphatic heterocycles. The third-order valence-electron chi connectivity index (χ3n) is 5.07. The smallest absolute Gasteiger partial charge is 0.244 e. The van der Waals surface area contributed by atoms with E-state index in [1.165, 1.54) is 11.0 Å². The van der Waals surface area contributed by atoms with Crippen molar-refractivity contribution in [3.05, 3.63) is 64.7 Å². The van der Waals surface area contributed by atoms with Gasteiger partial charge in [-0.25, -0.2) is 8.42 Å². The SMILES string of the molecule is CC[C@@H](C(=O)NC(C)C)N(Cc1ccc(C)cc1)C(=O)CN(c1cccc(Cl)c1)S(C)(=O)=O. The van der Waals surface area contributed by atoms with Crippen molar-refractivity contribution in [3.63, 3.8) is 0 Å². The van der Waals surface area contributed by atoms with Gasteiger partial charge in [0.25, 0.3) is 0 Å². The molecule has 0 saturated heterocycles. The lowest BCUT2D eigenvalue weighted by Crippen LogP contribution is -2.53. The molecule has 0 spiro atoms. The lowest BCUT2D eigenvalue weighted by atomic mass is 10.1. The molecule has 0 unspecified atom stereocenters. The standard InChI is InChI=1S/C24H32ClN3O4S/c1-6-22(24(30)26-17(2)3)27(15-19-12-10-18(4)11-13-19)23(29)16-28(33(5,31)32)21-9-7-8-20(25)14-21/h7-14,17,22H,6,15-16H2,1-5H3,(H,26,30)/t22-/m0/s1. The zero-order valence-electron chi connectivity index (χ0n) is 19.7. The van der Waals surface area contributed by atoms with E-state index in [1.807, 2.05) is 52.0 Å². The Morgan fingerprint density at radius 3 is 2.24 bits per heavy atom. The van der Waals surface area contributed by atoms with Crippen LogP contribution in [0.2, 0.25) is 5.02 Å². The summed E-state index contributed by atoms with van der Waals surface area (Å²) in [4.78, 5) is 27.9. The van der Waals surface area contributed by atoms with Crippen LogP contribution in [-0.4, -0.2) is 50.0 Å². The lowest BCUT2D eigenvalue weighted by molar-refractivity contribution is -0.140. The molecule has 0 aromatic heterocycles. The molecule has 1 atom stereocenters. The van der Waals surface area contributed by atoms with E-state index in [2.05, 4.69) is 5.32 Å². The van der Waals surface area contributed by atoms with E-state index in [-0.39, 0.29) is 24.2 Å². The Kier molecular flexibility index (Phi) is 9.31. The Morgan fingerprint density at radius 1 is 1.09 bits per heavy atom. The van der Waals surface area contributed by atoms with E-state index >= 15 is 0 Å². The highest BCUT2D eigenvalue weighted by Crippen LogP contribution is 2.23. The van der Waals surface area contributed by atoms with Crippen LogP contribution in [0.15, 0.2) is 48.5 Å². The van der Waals surface area contributed by atoms with Crippen molar-refractivity contribution in [1.29, 1.82) is 0 Å². The highest BCUT2D eigenvalue weighted by Gasteiger charge is 2.32. The van der Waals surface area contributed by atoms with Gasteiger partial charge in [0.2, 0.25) is 21.8 Å². The van der Waals surface area contributed by atoms with Gasteiger partial charge in [-0.2, -0.15) is 0 Å². The van der Waals surface area contributed by atoms with Crippen LogP contribution >= 0.6 is 11.6 Å². The molecular weight excluding hydrogens is 462 g/mol. The van der Waals surface area contributed by atoms with Crippen molar-refractivity contribution in [2.75, 3.05) is 17.1 Å². The number of halogens is 1. The lowest BCUT2D eigenvalue weighted by Gasteiger charge is -2.33. The molecule has 0 aliphatic carbocycles. The molecule has 0 aliphatic rings. The second-order valence-corrected chi connectivity index (χ2v) is 10.7. The van der Waals surface area contributed by atoms with Crippen molar-refractivity contribution >= 4 is 39.1 Å². The molecule has 180 valence electrons. The fourth-order valence-electron chi connectivity index (χ4n) is 3.44. The Morgan fingerprint density at radius 2 is 1.73 bits per heavy atom. The summed E-state index contributed by atoms with van der Waals surface area (Å²) in [5.74, 6) is -0.756. The van der Waals surface area contributed by atoms with Crippen molar-refractivity contribution in [3.8, 4) is 0 Å². The van der Waals surface area contributed by atoms with Gasteiger partial charge in [0.05, 0.1) is 11.9 Å². The summed E-state index contributed by atoms with van der Waals surface area (Å²) in [6, 6.07) is 13.1. The number of hydrogen-bond acceptors (Lipinski definition) is 4. The van der Waals surface area contributed by atoms with Gasteiger partial charge in [0, 0.05) is 17.6 Å². The predicted molar refractivity (Wildman–Crippen MR) is 133 cm³/mol. The number of benzene rings is 2. The minimum atomic E-state index is -3.79. The number of sulfonamides is 1. The molecule has 2 aromatic carbocycles. The second-order valence-electron chi connectivity index (χ2n) is 8.34. The summed E-state index contributed by atoms with van der Waals surface area (Å²) in [6.45, 7) is 7.22. The van der Waals surface area contributed by atoms with Crippen LogP contribution < -0.4 is 9.62 Å². The number of amides is 2.